The second-order valence-electron chi connectivity index (χ2n) is 5.24. The smallest absolute Gasteiger partial charge is 0.270 e. The molecule has 3 aromatic rings. The van der Waals surface area contributed by atoms with Crippen molar-refractivity contribution in [3.63, 3.8) is 0 Å². The molecule has 0 aliphatic heterocycles. The van der Waals surface area contributed by atoms with Gasteiger partial charge in [-0.15, -0.1) is 0 Å². The molecule has 0 atom stereocenters. The molecule has 120 valence electrons. The first-order valence-corrected chi connectivity index (χ1v) is 7.15. The first kappa shape index (κ1) is 15.4. The van der Waals surface area contributed by atoms with Crippen molar-refractivity contribution < 1.29 is 14.5 Å². The van der Waals surface area contributed by atoms with Crippen LogP contribution in [0.15, 0.2) is 48.5 Å². The van der Waals surface area contributed by atoms with Crippen LogP contribution in [0.4, 0.5) is 11.4 Å². The van der Waals surface area contributed by atoms with Gasteiger partial charge in [0.05, 0.1) is 10.6 Å². The highest BCUT2D eigenvalue weighted by Gasteiger charge is 2.21. The van der Waals surface area contributed by atoms with Gasteiger partial charge in [-0.3, -0.25) is 19.7 Å². The van der Waals surface area contributed by atoms with Crippen molar-refractivity contribution >= 4 is 34.0 Å². The van der Waals surface area contributed by atoms with E-state index in [9.17, 15) is 19.7 Å². The van der Waals surface area contributed by atoms with E-state index in [0.717, 1.165) is 0 Å². The fraction of sp³-hybridized carbons (Fsp3) is 0.0588. The lowest BCUT2D eigenvalue weighted by Gasteiger charge is -2.05. The predicted octanol–water partition coefficient (Wildman–Crippen LogP) is 3.27. The highest BCUT2D eigenvalue weighted by molar-refractivity contribution is 6.18. The molecule has 0 spiro atoms. The van der Waals surface area contributed by atoms with Gasteiger partial charge in [-0.25, -0.2) is 0 Å². The number of aromatic amines is 1. The van der Waals surface area contributed by atoms with Crippen LogP contribution in [0.2, 0.25) is 0 Å². The third kappa shape index (κ3) is 2.74. The normalized spacial score (nSPS) is 10.5. The minimum Gasteiger partial charge on any atom is -0.350 e. The Labute approximate surface area is 136 Å². The van der Waals surface area contributed by atoms with Gasteiger partial charge in [0.25, 0.3) is 5.69 Å². The summed E-state index contributed by atoms with van der Waals surface area (Å²) in [5.74, 6) is -0.678. The number of H-pyrrole nitrogens is 1. The monoisotopic (exact) mass is 323 g/mol. The zero-order valence-corrected chi connectivity index (χ0v) is 12.7. The Morgan fingerprint density at radius 1 is 1.12 bits per heavy atom. The van der Waals surface area contributed by atoms with Crippen molar-refractivity contribution in [2.45, 2.75) is 6.92 Å². The van der Waals surface area contributed by atoms with E-state index in [-0.39, 0.29) is 28.8 Å². The molecule has 0 aliphatic carbocycles. The highest BCUT2D eigenvalue weighted by Crippen LogP contribution is 2.32. The summed E-state index contributed by atoms with van der Waals surface area (Å²) in [6, 6.07) is 12.8. The van der Waals surface area contributed by atoms with Gasteiger partial charge in [0.2, 0.25) is 11.7 Å². The number of carbonyl (C=O) groups is 2. The van der Waals surface area contributed by atoms with E-state index in [2.05, 4.69) is 10.3 Å². The van der Waals surface area contributed by atoms with Crippen molar-refractivity contribution in [3.05, 3.63) is 69.9 Å². The van der Waals surface area contributed by atoms with Crippen LogP contribution < -0.4 is 5.32 Å². The van der Waals surface area contributed by atoms with Gasteiger partial charge in [-0.05, 0) is 6.07 Å². The molecule has 2 aromatic carbocycles. The number of amides is 1. The topological polar surface area (TPSA) is 105 Å². The van der Waals surface area contributed by atoms with Crippen LogP contribution >= 0.6 is 0 Å². The van der Waals surface area contributed by atoms with Crippen LogP contribution in [0.5, 0.6) is 0 Å². The second kappa shape index (κ2) is 5.96. The van der Waals surface area contributed by atoms with E-state index in [0.29, 0.717) is 16.5 Å². The fourth-order valence-electron chi connectivity index (χ4n) is 2.50. The average Bonchev–Trinajstić information content (AvgIpc) is 2.92. The Bertz CT molecular complexity index is 961. The van der Waals surface area contributed by atoms with Crippen molar-refractivity contribution in [2.24, 2.45) is 0 Å². The number of non-ortho nitro benzene ring substituents is 1. The number of anilines is 1. The molecule has 0 unspecified atom stereocenters. The number of nitro groups is 1. The van der Waals surface area contributed by atoms with E-state index in [1.807, 2.05) is 0 Å². The fourth-order valence-corrected chi connectivity index (χ4v) is 2.50. The summed E-state index contributed by atoms with van der Waals surface area (Å²) in [4.78, 5) is 37.6. The van der Waals surface area contributed by atoms with Gasteiger partial charge < -0.3 is 10.3 Å². The summed E-state index contributed by atoms with van der Waals surface area (Å²) in [6.45, 7) is 1.31. The maximum atomic E-state index is 12.7. The number of hydrogen-bond donors (Lipinski definition) is 2. The largest absolute Gasteiger partial charge is 0.350 e. The molecule has 0 radical (unpaired) electrons. The SMILES string of the molecule is CC(=O)Nc1c(C(=O)c2ccccc2)[nH]c2ccc([N+](=O)[O-])cc12. The second-order valence-corrected chi connectivity index (χ2v) is 5.24. The number of nitro benzene ring substituents is 1. The standard InChI is InChI=1S/C17H13N3O4/c1-10(21)18-15-13-9-12(20(23)24)7-8-14(13)19-16(15)17(22)11-5-3-2-4-6-11/h2-9,19H,1H3,(H,18,21). The number of fused-ring (bicyclic) bond motifs is 1. The quantitative estimate of drug-likeness (QED) is 0.436. The van der Waals surface area contributed by atoms with Crippen LogP contribution in [0.1, 0.15) is 23.0 Å². The lowest BCUT2D eigenvalue weighted by atomic mass is 10.1. The summed E-state index contributed by atoms with van der Waals surface area (Å²) >= 11 is 0. The van der Waals surface area contributed by atoms with Crippen molar-refractivity contribution in [1.82, 2.24) is 4.98 Å². The molecule has 7 nitrogen and oxygen atoms in total. The summed E-state index contributed by atoms with van der Waals surface area (Å²) < 4.78 is 0. The Kier molecular flexibility index (Phi) is 3.83. The Morgan fingerprint density at radius 3 is 2.46 bits per heavy atom. The van der Waals surface area contributed by atoms with Crippen LogP contribution in [0.3, 0.4) is 0 Å². The van der Waals surface area contributed by atoms with Crippen molar-refractivity contribution in [1.29, 1.82) is 0 Å². The molecule has 1 aromatic heterocycles. The summed E-state index contributed by atoms with van der Waals surface area (Å²) in [5.41, 5.74) is 1.29. The van der Waals surface area contributed by atoms with E-state index in [1.165, 1.54) is 25.1 Å². The van der Waals surface area contributed by atoms with E-state index >= 15 is 0 Å². The zero-order chi connectivity index (χ0) is 17.3. The summed E-state index contributed by atoms with van der Waals surface area (Å²) in [5, 5.41) is 14.0. The van der Waals surface area contributed by atoms with Gasteiger partial charge in [0, 0.05) is 35.5 Å². The van der Waals surface area contributed by atoms with Crippen LogP contribution in [-0.2, 0) is 4.79 Å². The van der Waals surface area contributed by atoms with Gasteiger partial charge in [0.15, 0.2) is 0 Å². The number of nitrogens with zero attached hydrogens (tertiary/aromatic N) is 1. The van der Waals surface area contributed by atoms with Gasteiger partial charge in [0.1, 0.15) is 5.69 Å². The molecule has 7 heteroatoms. The number of aromatic nitrogens is 1. The van der Waals surface area contributed by atoms with E-state index in [1.54, 1.807) is 30.3 Å². The third-order valence-electron chi connectivity index (χ3n) is 3.56. The average molecular weight is 323 g/mol. The van der Waals surface area contributed by atoms with Gasteiger partial charge in [-0.2, -0.15) is 0 Å². The number of hydrogen-bond acceptors (Lipinski definition) is 4. The number of carbonyl (C=O) groups excluding carboxylic acids is 2. The molecule has 0 fully saturated rings. The van der Waals surface area contributed by atoms with Crippen LogP contribution in [-0.4, -0.2) is 21.6 Å². The molecular formula is C17H13N3O4. The first-order chi connectivity index (χ1) is 11.5. The molecule has 24 heavy (non-hydrogen) atoms. The highest BCUT2D eigenvalue weighted by atomic mass is 16.6. The summed E-state index contributed by atoms with van der Waals surface area (Å²) in [6.07, 6.45) is 0. The lowest BCUT2D eigenvalue weighted by molar-refractivity contribution is -0.384. The Balaban J connectivity index is 2.21. The van der Waals surface area contributed by atoms with E-state index in [4.69, 9.17) is 0 Å². The van der Waals surface area contributed by atoms with Gasteiger partial charge >= 0.3 is 0 Å². The molecule has 0 saturated carbocycles. The molecular weight excluding hydrogens is 310 g/mol. The molecule has 1 amide bonds. The van der Waals surface area contributed by atoms with Crippen molar-refractivity contribution in [2.75, 3.05) is 5.32 Å². The minimum atomic E-state index is -0.525. The van der Waals surface area contributed by atoms with Gasteiger partial charge in [-0.1, -0.05) is 30.3 Å². The van der Waals surface area contributed by atoms with Crippen LogP contribution in [0, 0.1) is 10.1 Å². The number of rotatable bonds is 4. The maximum Gasteiger partial charge on any atom is 0.270 e. The molecule has 2 N–H and O–H groups in total. The molecule has 1 heterocycles. The predicted molar refractivity (Wildman–Crippen MR) is 89.1 cm³/mol. The number of ketones is 1. The molecule has 0 bridgehead atoms. The van der Waals surface area contributed by atoms with Crippen molar-refractivity contribution in [3.8, 4) is 0 Å². The molecule has 3 rings (SSSR count). The lowest BCUT2D eigenvalue weighted by Crippen LogP contribution is -2.11. The zero-order valence-electron chi connectivity index (χ0n) is 12.7. The Hall–Kier alpha value is -3.48. The first-order valence-electron chi connectivity index (χ1n) is 7.15. The summed E-state index contributed by atoms with van der Waals surface area (Å²) in [7, 11) is 0. The van der Waals surface area contributed by atoms with Crippen LogP contribution in [0.25, 0.3) is 10.9 Å². The number of benzene rings is 2. The Morgan fingerprint density at radius 2 is 1.83 bits per heavy atom. The number of nitrogens with one attached hydrogen (secondary N) is 2. The third-order valence-corrected chi connectivity index (χ3v) is 3.56. The maximum absolute atomic E-state index is 12.7. The minimum absolute atomic E-state index is 0.119. The molecule has 0 saturated heterocycles. The van der Waals surface area contributed by atoms with E-state index < -0.39 is 4.92 Å². The molecule has 0 aliphatic rings.